The molecule has 0 bridgehead atoms. The molecule has 0 aliphatic heterocycles. The van der Waals surface area contributed by atoms with Gasteiger partial charge >= 0.3 is 0 Å². The average Bonchev–Trinajstić information content (AvgIpc) is 2.00. The van der Waals surface area contributed by atoms with Gasteiger partial charge in [0, 0.05) is 17.3 Å². The van der Waals surface area contributed by atoms with E-state index in [2.05, 4.69) is 38.9 Å². The summed E-state index contributed by atoms with van der Waals surface area (Å²) in [6.07, 6.45) is 4.07. The number of thioether (sulfide) groups is 1. The van der Waals surface area contributed by atoms with Crippen molar-refractivity contribution in [3.8, 4) is 0 Å². The summed E-state index contributed by atoms with van der Waals surface area (Å²) in [5.41, 5.74) is 0. The van der Waals surface area contributed by atoms with E-state index in [0.717, 1.165) is 6.54 Å². The van der Waals surface area contributed by atoms with Crippen molar-refractivity contribution in [2.45, 2.75) is 31.6 Å². The monoisotopic (exact) mass is 173 g/mol. The molecule has 0 rings (SSSR count). The van der Waals surface area contributed by atoms with E-state index < -0.39 is 0 Å². The Morgan fingerprint density at radius 3 is 2.55 bits per heavy atom. The maximum atomic E-state index is 3.72. The first kappa shape index (κ1) is 11.1. The Hall–Kier alpha value is 0.0500. The molecule has 1 nitrogen and oxygen atoms in total. The van der Waals surface area contributed by atoms with Gasteiger partial charge in [-0.1, -0.05) is 6.08 Å². The summed E-state index contributed by atoms with van der Waals surface area (Å²) in [6.45, 7) is 11.3. The number of hydrogen-bond acceptors (Lipinski definition) is 2. The van der Waals surface area contributed by atoms with Crippen LogP contribution >= 0.6 is 11.8 Å². The molecule has 0 saturated heterocycles. The van der Waals surface area contributed by atoms with Crippen LogP contribution in [-0.4, -0.2) is 23.6 Å². The van der Waals surface area contributed by atoms with Gasteiger partial charge in [0.25, 0.3) is 0 Å². The summed E-state index contributed by atoms with van der Waals surface area (Å²) < 4.78 is 0.331. The van der Waals surface area contributed by atoms with Gasteiger partial charge in [-0.05, 0) is 27.0 Å². The second kappa shape index (κ2) is 4.83. The Labute approximate surface area is 74.6 Å². The molecule has 2 heteroatoms. The summed E-state index contributed by atoms with van der Waals surface area (Å²) in [4.78, 5) is 0. The molecule has 0 radical (unpaired) electrons. The molecule has 1 unspecified atom stereocenters. The maximum absolute atomic E-state index is 3.72. The summed E-state index contributed by atoms with van der Waals surface area (Å²) in [6, 6.07) is 0.418. The van der Waals surface area contributed by atoms with Crippen LogP contribution in [0.15, 0.2) is 12.7 Å². The second-order valence-corrected chi connectivity index (χ2v) is 4.88. The van der Waals surface area contributed by atoms with E-state index in [1.807, 2.05) is 17.8 Å². The van der Waals surface area contributed by atoms with Crippen molar-refractivity contribution in [1.29, 1.82) is 0 Å². The van der Waals surface area contributed by atoms with Gasteiger partial charge in [-0.15, -0.1) is 6.58 Å². The minimum atomic E-state index is 0.331. The lowest BCUT2D eigenvalue weighted by Gasteiger charge is -2.23. The van der Waals surface area contributed by atoms with Gasteiger partial charge in [0.05, 0.1) is 0 Å². The molecule has 0 aliphatic rings. The fourth-order valence-electron chi connectivity index (χ4n) is 0.562. The lowest BCUT2D eigenvalue weighted by atomic mass is 10.2. The maximum Gasteiger partial charge on any atom is 0.0225 e. The van der Waals surface area contributed by atoms with Crippen molar-refractivity contribution in [3.63, 3.8) is 0 Å². The van der Waals surface area contributed by atoms with Crippen molar-refractivity contribution in [2.24, 2.45) is 0 Å². The van der Waals surface area contributed by atoms with E-state index in [1.54, 1.807) is 0 Å². The predicted octanol–water partition coefficient (Wildman–Crippen LogP) is 2.29. The van der Waals surface area contributed by atoms with Gasteiger partial charge in [0.2, 0.25) is 0 Å². The van der Waals surface area contributed by atoms with Gasteiger partial charge in [-0.25, -0.2) is 0 Å². The molecule has 1 atom stereocenters. The number of hydrogen-bond donors (Lipinski definition) is 1. The fraction of sp³-hybridized carbons (Fsp3) is 0.778. The highest BCUT2D eigenvalue weighted by atomic mass is 32.2. The van der Waals surface area contributed by atoms with Crippen LogP contribution in [-0.2, 0) is 0 Å². The molecule has 0 aromatic heterocycles. The average molecular weight is 173 g/mol. The molecule has 0 aliphatic carbocycles. The third kappa shape index (κ3) is 5.33. The largest absolute Gasteiger partial charge is 0.309 e. The lowest BCUT2D eigenvalue weighted by molar-refractivity contribution is 0.560. The Balaban J connectivity index is 3.60. The Kier molecular flexibility index (Phi) is 4.86. The zero-order valence-corrected chi connectivity index (χ0v) is 8.79. The zero-order chi connectivity index (χ0) is 8.91. The number of rotatable bonds is 5. The first-order valence-electron chi connectivity index (χ1n) is 3.93. The molecule has 1 N–H and O–H groups in total. The first-order valence-corrected chi connectivity index (χ1v) is 5.15. The zero-order valence-electron chi connectivity index (χ0n) is 7.98. The topological polar surface area (TPSA) is 12.0 Å². The third-order valence-electron chi connectivity index (χ3n) is 1.76. The van der Waals surface area contributed by atoms with Crippen LogP contribution in [0, 0.1) is 0 Å². The molecule has 0 aromatic rings. The first-order chi connectivity index (χ1) is 5.02. The minimum absolute atomic E-state index is 0.331. The molecule has 0 amide bonds. The summed E-state index contributed by atoms with van der Waals surface area (Å²) in [5, 5.41) is 3.38. The summed E-state index contributed by atoms with van der Waals surface area (Å²) >= 11 is 1.88. The van der Waals surface area contributed by atoms with Crippen molar-refractivity contribution in [2.75, 3.05) is 12.8 Å². The minimum Gasteiger partial charge on any atom is -0.309 e. The van der Waals surface area contributed by atoms with Crippen LogP contribution in [0.2, 0.25) is 0 Å². The molecule has 66 valence electrons. The smallest absolute Gasteiger partial charge is 0.0225 e. The normalized spacial score (nSPS) is 14.5. The van der Waals surface area contributed by atoms with Gasteiger partial charge in [-0.3, -0.25) is 0 Å². The highest BCUT2D eigenvalue weighted by Crippen LogP contribution is 2.19. The van der Waals surface area contributed by atoms with Crippen LogP contribution in [0.5, 0.6) is 0 Å². The highest BCUT2D eigenvalue weighted by molar-refractivity contribution is 7.99. The fourth-order valence-corrected chi connectivity index (χ4v) is 0.790. The van der Waals surface area contributed by atoms with Gasteiger partial charge in [-0.2, -0.15) is 11.8 Å². The molecular formula is C9H19NS. The quantitative estimate of drug-likeness (QED) is 0.640. The van der Waals surface area contributed by atoms with E-state index in [1.165, 1.54) is 0 Å². The predicted molar refractivity (Wildman–Crippen MR) is 55.3 cm³/mol. The van der Waals surface area contributed by atoms with E-state index in [4.69, 9.17) is 0 Å². The van der Waals surface area contributed by atoms with E-state index in [0.29, 0.717) is 10.8 Å². The van der Waals surface area contributed by atoms with Crippen molar-refractivity contribution in [1.82, 2.24) is 5.32 Å². The molecule has 0 saturated carbocycles. The van der Waals surface area contributed by atoms with E-state index in [-0.39, 0.29) is 0 Å². The second-order valence-electron chi connectivity index (χ2n) is 3.37. The van der Waals surface area contributed by atoms with Crippen molar-refractivity contribution in [3.05, 3.63) is 12.7 Å². The van der Waals surface area contributed by atoms with Crippen LogP contribution in [0.4, 0.5) is 0 Å². The van der Waals surface area contributed by atoms with Crippen LogP contribution in [0.25, 0.3) is 0 Å². The molecule has 11 heavy (non-hydrogen) atoms. The highest BCUT2D eigenvalue weighted by Gasteiger charge is 2.15. The molecular weight excluding hydrogens is 154 g/mol. The van der Waals surface area contributed by atoms with Crippen LogP contribution < -0.4 is 5.32 Å². The van der Waals surface area contributed by atoms with Gasteiger partial charge in [0.1, 0.15) is 0 Å². The summed E-state index contributed by atoms with van der Waals surface area (Å²) in [7, 11) is 0. The third-order valence-corrected chi connectivity index (χ3v) is 3.01. The van der Waals surface area contributed by atoms with Gasteiger partial charge in [0.15, 0.2) is 0 Å². The number of nitrogens with one attached hydrogen (secondary N) is 1. The Morgan fingerprint density at radius 2 is 2.18 bits per heavy atom. The SMILES string of the molecule is C=CC(C)NCC(C)(C)SC. The van der Waals surface area contributed by atoms with Gasteiger partial charge < -0.3 is 5.32 Å². The molecule has 0 spiro atoms. The van der Waals surface area contributed by atoms with Crippen LogP contribution in [0.1, 0.15) is 20.8 Å². The van der Waals surface area contributed by atoms with Crippen molar-refractivity contribution >= 4 is 11.8 Å². The van der Waals surface area contributed by atoms with E-state index >= 15 is 0 Å². The molecule has 0 heterocycles. The Morgan fingerprint density at radius 1 is 1.64 bits per heavy atom. The molecule has 0 fully saturated rings. The lowest BCUT2D eigenvalue weighted by Crippen LogP contribution is -2.36. The Bertz CT molecular complexity index is 121. The summed E-state index contributed by atoms with van der Waals surface area (Å²) in [5.74, 6) is 0. The molecule has 0 aromatic carbocycles. The van der Waals surface area contributed by atoms with Crippen molar-refractivity contribution < 1.29 is 0 Å². The van der Waals surface area contributed by atoms with E-state index in [9.17, 15) is 0 Å². The van der Waals surface area contributed by atoms with Crippen LogP contribution in [0.3, 0.4) is 0 Å². The standard InChI is InChI=1S/C9H19NS/c1-6-8(2)10-7-9(3,4)11-5/h6,8,10H,1,7H2,2-5H3.